The van der Waals surface area contributed by atoms with E-state index in [0.29, 0.717) is 5.92 Å². The minimum absolute atomic E-state index is 0.257. The molecule has 1 N–H and O–H groups in total. The second-order valence-corrected chi connectivity index (χ2v) is 5.37. The summed E-state index contributed by atoms with van der Waals surface area (Å²) in [5.74, 6) is 0.331. The number of methoxy groups -OCH3 is 1. The molecule has 2 aromatic carbocycles. The van der Waals surface area contributed by atoms with Crippen LogP contribution in [0.15, 0.2) is 54.6 Å². The van der Waals surface area contributed by atoms with Crippen molar-refractivity contribution < 1.29 is 9.53 Å². The number of ether oxygens (including phenoxy) is 1. The van der Waals surface area contributed by atoms with Crippen LogP contribution in [-0.4, -0.2) is 13.1 Å². The van der Waals surface area contributed by atoms with E-state index >= 15 is 0 Å². The van der Waals surface area contributed by atoms with Crippen LogP contribution in [0.25, 0.3) is 0 Å². The van der Waals surface area contributed by atoms with Gasteiger partial charge in [0.25, 0.3) is 0 Å². The second-order valence-electron chi connectivity index (χ2n) is 5.37. The lowest BCUT2D eigenvalue weighted by Crippen LogP contribution is -2.23. The number of esters is 1. The third-order valence-electron chi connectivity index (χ3n) is 3.85. The first-order chi connectivity index (χ1) is 10.3. The maximum Gasteiger partial charge on any atom is 0.332 e. The van der Waals surface area contributed by atoms with Gasteiger partial charge in [-0.2, -0.15) is 0 Å². The summed E-state index contributed by atoms with van der Waals surface area (Å²) in [7, 11) is 1.43. The van der Waals surface area contributed by atoms with Crippen molar-refractivity contribution in [1.29, 1.82) is 0 Å². The average molecular weight is 281 g/mol. The molecule has 1 aliphatic carbocycles. The molecule has 0 amide bonds. The van der Waals surface area contributed by atoms with E-state index in [-0.39, 0.29) is 5.97 Å². The summed E-state index contributed by atoms with van der Waals surface area (Å²) in [5.41, 5.74) is 3.20. The van der Waals surface area contributed by atoms with E-state index in [9.17, 15) is 4.79 Å². The molecule has 3 rings (SSSR count). The molecule has 0 aromatic heterocycles. The first kappa shape index (κ1) is 13.7. The predicted molar refractivity (Wildman–Crippen MR) is 83.2 cm³/mol. The van der Waals surface area contributed by atoms with Gasteiger partial charge < -0.3 is 10.1 Å². The molecule has 21 heavy (non-hydrogen) atoms. The van der Waals surface area contributed by atoms with Crippen LogP contribution in [0.4, 0.5) is 5.69 Å². The number of nitrogens with one attached hydrogen (secondary N) is 1. The third-order valence-corrected chi connectivity index (χ3v) is 3.85. The summed E-state index contributed by atoms with van der Waals surface area (Å²) >= 11 is 0. The van der Waals surface area contributed by atoms with Crippen LogP contribution in [0.5, 0.6) is 0 Å². The van der Waals surface area contributed by atoms with E-state index in [0.717, 1.165) is 11.3 Å². The van der Waals surface area contributed by atoms with Crippen molar-refractivity contribution in [2.75, 3.05) is 12.4 Å². The largest absolute Gasteiger partial charge is 0.467 e. The fraction of sp³-hybridized carbons (Fsp3) is 0.278. The summed E-state index contributed by atoms with van der Waals surface area (Å²) in [6.07, 6.45) is 2.41. The molecule has 0 saturated heterocycles. The molecule has 0 spiro atoms. The number of hydrogen-bond donors (Lipinski definition) is 1. The molecule has 2 aromatic rings. The van der Waals surface area contributed by atoms with E-state index in [1.807, 2.05) is 48.5 Å². The Labute approximate surface area is 124 Å². The van der Waals surface area contributed by atoms with E-state index in [1.165, 1.54) is 25.5 Å². The van der Waals surface area contributed by atoms with Crippen LogP contribution in [0.2, 0.25) is 0 Å². The summed E-state index contributed by atoms with van der Waals surface area (Å²) in [5, 5.41) is 3.29. The monoisotopic (exact) mass is 281 g/mol. The van der Waals surface area contributed by atoms with Gasteiger partial charge in [-0.05, 0) is 42.0 Å². The zero-order valence-electron chi connectivity index (χ0n) is 12.1. The van der Waals surface area contributed by atoms with Gasteiger partial charge in [0.2, 0.25) is 0 Å². The first-order valence-electron chi connectivity index (χ1n) is 7.28. The lowest BCUT2D eigenvalue weighted by molar-refractivity contribution is -0.141. The highest BCUT2D eigenvalue weighted by Crippen LogP contribution is 2.43. The van der Waals surface area contributed by atoms with E-state index in [4.69, 9.17) is 4.74 Å². The van der Waals surface area contributed by atoms with Gasteiger partial charge in [-0.3, -0.25) is 0 Å². The van der Waals surface area contributed by atoms with Gasteiger partial charge >= 0.3 is 5.97 Å². The van der Waals surface area contributed by atoms with Crippen LogP contribution < -0.4 is 5.32 Å². The van der Waals surface area contributed by atoms with Crippen molar-refractivity contribution in [3.63, 3.8) is 0 Å². The van der Waals surface area contributed by atoms with E-state index in [2.05, 4.69) is 11.4 Å². The Morgan fingerprint density at radius 1 is 1.10 bits per heavy atom. The van der Waals surface area contributed by atoms with Crippen LogP contribution in [0.3, 0.4) is 0 Å². The Balaban J connectivity index is 1.94. The van der Waals surface area contributed by atoms with Crippen molar-refractivity contribution in [1.82, 2.24) is 0 Å². The molecule has 3 heteroatoms. The van der Waals surface area contributed by atoms with Gasteiger partial charge in [-0.1, -0.05) is 42.5 Å². The number of rotatable bonds is 5. The first-order valence-corrected chi connectivity index (χ1v) is 7.28. The molecule has 3 nitrogen and oxygen atoms in total. The Morgan fingerprint density at radius 2 is 1.76 bits per heavy atom. The fourth-order valence-corrected chi connectivity index (χ4v) is 2.62. The van der Waals surface area contributed by atoms with Crippen molar-refractivity contribution in [2.24, 2.45) is 0 Å². The molecule has 1 saturated carbocycles. The maximum absolute atomic E-state index is 12.2. The number of anilines is 1. The summed E-state index contributed by atoms with van der Waals surface area (Å²) in [6.45, 7) is 0. The van der Waals surface area contributed by atoms with Gasteiger partial charge in [0, 0.05) is 5.69 Å². The standard InChI is InChI=1S/C18H19NO2/c1-21-18(20)17(19-14-7-3-2-4-8-14)16-10-6-5-9-15(16)13-11-12-13/h2-10,13,17,19H,11-12H2,1H3. The number of para-hydroxylation sites is 1. The summed E-state index contributed by atoms with van der Waals surface area (Å²) in [6, 6.07) is 17.4. The Morgan fingerprint density at radius 3 is 2.43 bits per heavy atom. The second kappa shape index (κ2) is 6.00. The normalized spacial score (nSPS) is 15.3. The minimum atomic E-state index is -0.464. The molecule has 0 aliphatic heterocycles. The van der Waals surface area contributed by atoms with Gasteiger partial charge in [0.05, 0.1) is 7.11 Å². The van der Waals surface area contributed by atoms with E-state index < -0.39 is 6.04 Å². The van der Waals surface area contributed by atoms with Crippen molar-refractivity contribution in [3.8, 4) is 0 Å². The topological polar surface area (TPSA) is 38.3 Å². The molecule has 1 aliphatic rings. The molecule has 1 fully saturated rings. The number of benzene rings is 2. The molecule has 0 radical (unpaired) electrons. The molecule has 0 heterocycles. The Kier molecular flexibility index (Phi) is 3.91. The SMILES string of the molecule is COC(=O)C(Nc1ccccc1)c1ccccc1C1CC1. The average Bonchev–Trinajstić information content (AvgIpc) is 3.38. The molecular formula is C18H19NO2. The number of hydrogen-bond acceptors (Lipinski definition) is 3. The Bertz CT molecular complexity index is 620. The highest BCUT2D eigenvalue weighted by atomic mass is 16.5. The zero-order valence-corrected chi connectivity index (χ0v) is 12.1. The van der Waals surface area contributed by atoms with Gasteiger partial charge in [0.15, 0.2) is 6.04 Å². The van der Waals surface area contributed by atoms with Crippen LogP contribution in [-0.2, 0) is 9.53 Å². The molecular weight excluding hydrogens is 262 g/mol. The fourth-order valence-electron chi connectivity index (χ4n) is 2.62. The van der Waals surface area contributed by atoms with Gasteiger partial charge in [0.1, 0.15) is 0 Å². The predicted octanol–water partition coefficient (Wildman–Crippen LogP) is 3.89. The van der Waals surface area contributed by atoms with Crippen LogP contribution in [0, 0.1) is 0 Å². The molecule has 1 atom stereocenters. The highest BCUT2D eigenvalue weighted by molar-refractivity contribution is 5.81. The van der Waals surface area contributed by atoms with Crippen molar-refractivity contribution in [2.45, 2.75) is 24.8 Å². The lowest BCUT2D eigenvalue weighted by atomic mass is 9.97. The van der Waals surface area contributed by atoms with Crippen LogP contribution >= 0.6 is 0 Å². The zero-order chi connectivity index (χ0) is 14.7. The van der Waals surface area contributed by atoms with Gasteiger partial charge in [-0.15, -0.1) is 0 Å². The van der Waals surface area contributed by atoms with E-state index in [1.54, 1.807) is 0 Å². The van der Waals surface area contributed by atoms with Crippen molar-refractivity contribution >= 4 is 11.7 Å². The summed E-state index contributed by atoms with van der Waals surface area (Å²) < 4.78 is 4.99. The summed E-state index contributed by atoms with van der Waals surface area (Å²) in [4.78, 5) is 12.2. The minimum Gasteiger partial charge on any atom is -0.467 e. The molecule has 0 bridgehead atoms. The van der Waals surface area contributed by atoms with Gasteiger partial charge in [-0.25, -0.2) is 4.79 Å². The molecule has 108 valence electrons. The van der Waals surface area contributed by atoms with Crippen molar-refractivity contribution in [3.05, 3.63) is 65.7 Å². The van der Waals surface area contributed by atoms with Crippen LogP contribution in [0.1, 0.15) is 35.9 Å². The third kappa shape index (κ3) is 3.07. The maximum atomic E-state index is 12.2. The highest BCUT2D eigenvalue weighted by Gasteiger charge is 2.31. The number of carbonyl (C=O) groups is 1. The molecule has 1 unspecified atom stereocenters. The Hall–Kier alpha value is -2.29. The number of carbonyl (C=O) groups excluding carboxylic acids is 1. The quantitative estimate of drug-likeness (QED) is 0.845. The lowest BCUT2D eigenvalue weighted by Gasteiger charge is -2.21. The smallest absolute Gasteiger partial charge is 0.332 e.